The second-order valence-electron chi connectivity index (χ2n) is 5.61. The lowest BCUT2D eigenvalue weighted by Crippen LogP contribution is -2.34. The van der Waals surface area contributed by atoms with Gasteiger partial charge < -0.3 is 19.8 Å². The van der Waals surface area contributed by atoms with E-state index < -0.39 is 6.09 Å². The molecule has 0 radical (unpaired) electrons. The Balaban J connectivity index is 1.78. The Bertz CT molecular complexity index is 588. The molecule has 6 heteroatoms. The molecule has 112 valence electrons. The van der Waals surface area contributed by atoms with E-state index in [0.717, 1.165) is 29.8 Å². The quantitative estimate of drug-likeness (QED) is 0.850. The van der Waals surface area contributed by atoms with Gasteiger partial charge in [0.05, 0.1) is 0 Å². The van der Waals surface area contributed by atoms with Crippen molar-refractivity contribution in [2.75, 3.05) is 38.1 Å². The lowest BCUT2D eigenvalue weighted by molar-refractivity contribution is 0.0816. The van der Waals surface area contributed by atoms with E-state index in [2.05, 4.69) is 11.0 Å². The largest absolute Gasteiger partial charge is 0.465 e. The minimum atomic E-state index is -0.849. The van der Waals surface area contributed by atoms with Gasteiger partial charge in [0.15, 0.2) is 0 Å². The topological polar surface area (TPSA) is 64.1 Å². The molecule has 1 N–H and O–H groups in total. The van der Waals surface area contributed by atoms with Gasteiger partial charge >= 0.3 is 6.09 Å². The smallest absolute Gasteiger partial charge is 0.407 e. The number of carbonyl (C=O) groups is 2. The Morgan fingerprint density at radius 1 is 1.19 bits per heavy atom. The molecule has 0 atom stereocenters. The van der Waals surface area contributed by atoms with Gasteiger partial charge in [0.1, 0.15) is 0 Å². The zero-order valence-corrected chi connectivity index (χ0v) is 12.1. The third-order valence-electron chi connectivity index (χ3n) is 4.21. The van der Waals surface area contributed by atoms with E-state index in [1.54, 1.807) is 11.9 Å². The number of anilines is 1. The molecular weight excluding hydrogens is 270 g/mol. The van der Waals surface area contributed by atoms with Gasteiger partial charge in [0.2, 0.25) is 0 Å². The number of fused-ring (bicyclic) bond motifs is 1. The summed E-state index contributed by atoms with van der Waals surface area (Å²) >= 11 is 0. The van der Waals surface area contributed by atoms with Crippen molar-refractivity contribution < 1.29 is 14.7 Å². The summed E-state index contributed by atoms with van der Waals surface area (Å²) < 4.78 is 0. The minimum absolute atomic E-state index is 0.0736. The van der Waals surface area contributed by atoms with Gasteiger partial charge in [-0.3, -0.25) is 4.79 Å². The maximum absolute atomic E-state index is 11.9. The van der Waals surface area contributed by atoms with Gasteiger partial charge in [-0.25, -0.2) is 4.79 Å². The maximum Gasteiger partial charge on any atom is 0.407 e. The first-order chi connectivity index (χ1) is 10.1. The summed E-state index contributed by atoms with van der Waals surface area (Å²) in [6.07, 6.45) is -0.0274. The van der Waals surface area contributed by atoms with Crippen LogP contribution in [0.1, 0.15) is 22.3 Å². The van der Waals surface area contributed by atoms with E-state index in [0.29, 0.717) is 26.2 Å². The summed E-state index contributed by atoms with van der Waals surface area (Å²) in [4.78, 5) is 28.3. The first-order valence-electron chi connectivity index (χ1n) is 7.17. The third-order valence-corrected chi connectivity index (χ3v) is 4.21. The first-order valence-corrected chi connectivity index (χ1v) is 7.17. The number of nitrogens with zero attached hydrogens (tertiary/aromatic N) is 3. The molecule has 1 saturated heterocycles. The highest BCUT2D eigenvalue weighted by molar-refractivity contribution is 5.98. The Labute approximate surface area is 123 Å². The van der Waals surface area contributed by atoms with Crippen molar-refractivity contribution in [2.24, 2.45) is 0 Å². The summed E-state index contributed by atoms with van der Waals surface area (Å²) in [5.74, 6) is 0.0736. The van der Waals surface area contributed by atoms with Gasteiger partial charge in [-0.2, -0.15) is 0 Å². The fourth-order valence-corrected chi connectivity index (χ4v) is 3.02. The van der Waals surface area contributed by atoms with Crippen molar-refractivity contribution in [3.63, 3.8) is 0 Å². The summed E-state index contributed by atoms with van der Waals surface area (Å²) in [5, 5.41) is 9.07. The Morgan fingerprint density at radius 2 is 2.00 bits per heavy atom. The molecule has 0 bridgehead atoms. The predicted octanol–water partition coefficient (Wildman–Crippen LogP) is 1.46. The molecule has 1 aromatic carbocycles. The molecule has 0 spiro atoms. The van der Waals surface area contributed by atoms with Crippen LogP contribution in [0.2, 0.25) is 0 Å². The highest BCUT2D eigenvalue weighted by atomic mass is 16.4. The van der Waals surface area contributed by atoms with Crippen LogP contribution >= 0.6 is 0 Å². The summed E-state index contributed by atoms with van der Waals surface area (Å²) in [6.45, 7) is 3.28. The van der Waals surface area contributed by atoms with Crippen LogP contribution in [0.25, 0.3) is 0 Å². The van der Waals surface area contributed by atoms with E-state index >= 15 is 0 Å². The highest BCUT2D eigenvalue weighted by Gasteiger charge is 2.25. The Hall–Kier alpha value is -2.24. The number of amides is 2. The molecule has 2 aliphatic heterocycles. The Kier molecular flexibility index (Phi) is 3.45. The monoisotopic (exact) mass is 289 g/mol. The van der Waals surface area contributed by atoms with Crippen LogP contribution in [0.15, 0.2) is 18.2 Å². The number of carboxylic acid groups (broad SMARTS) is 1. The average Bonchev–Trinajstić information content (AvgIpc) is 2.67. The number of rotatable bonds is 1. The van der Waals surface area contributed by atoms with E-state index in [1.165, 1.54) is 4.90 Å². The zero-order chi connectivity index (χ0) is 15.0. The lowest BCUT2D eigenvalue weighted by Gasteiger charge is -2.23. The van der Waals surface area contributed by atoms with Gasteiger partial charge in [0.25, 0.3) is 5.91 Å². The molecular formula is C15H19N3O3. The SMILES string of the molecule is CN1Cc2cc(N3CCCN(C(=O)O)CC3)ccc2C1=O. The number of hydrogen-bond acceptors (Lipinski definition) is 3. The summed E-state index contributed by atoms with van der Waals surface area (Å²) in [6, 6.07) is 5.91. The van der Waals surface area contributed by atoms with E-state index in [1.807, 2.05) is 12.1 Å². The van der Waals surface area contributed by atoms with E-state index in [9.17, 15) is 9.59 Å². The maximum atomic E-state index is 11.9. The zero-order valence-electron chi connectivity index (χ0n) is 12.1. The number of carbonyl (C=O) groups excluding carboxylic acids is 1. The van der Waals surface area contributed by atoms with Crippen molar-refractivity contribution >= 4 is 17.7 Å². The lowest BCUT2D eigenvalue weighted by atomic mass is 10.1. The molecule has 1 fully saturated rings. The standard InChI is InChI=1S/C15H19N3O3/c1-16-10-11-9-12(3-4-13(11)14(16)19)17-5-2-6-18(8-7-17)15(20)21/h3-4,9H,2,5-8,10H2,1H3,(H,20,21). The molecule has 2 amide bonds. The second-order valence-corrected chi connectivity index (χ2v) is 5.61. The molecule has 2 heterocycles. The van der Waals surface area contributed by atoms with Crippen molar-refractivity contribution in [2.45, 2.75) is 13.0 Å². The van der Waals surface area contributed by atoms with Crippen LogP contribution in [-0.2, 0) is 6.54 Å². The highest BCUT2D eigenvalue weighted by Crippen LogP contribution is 2.27. The van der Waals surface area contributed by atoms with Crippen LogP contribution in [0.4, 0.5) is 10.5 Å². The average molecular weight is 289 g/mol. The van der Waals surface area contributed by atoms with Gasteiger partial charge in [-0.15, -0.1) is 0 Å². The third kappa shape index (κ3) is 2.53. The van der Waals surface area contributed by atoms with Gasteiger partial charge in [-0.05, 0) is 30.2 Å². The second kappa shape index (κ2) is 5.27. The van der Waals surface area contributed by atoms with E-state index in [4.69, 9.17) is 5.11 Å². The minimum Gasteiger partial charge on any atom is -0.465 e. The number of hydrogen-bond donors (Lipinski definition) is 1. The van der Waals surface area contributed by atoms with Crippen LogP contribution in [0.5, 0.6) is 0 Å². The van der Waals surface area contributed by atoms with Gasteiger partial charge in [-0.1, -0.05) is 0 Å². The van der Waals surface area contributed by atoms with E-state index in [-0.39, 0.29) is 5.91 Å². The van der Waals surface area contributed by atoms with Crippen LogP contribution < -0.4 is 4.90 Å². The molecule has 21 heavy (non-hydrogen) atoms. The van der Waals surface area contributed by atoms with Crippen LogP contribution in [0, 0.1) is 0 Å². The fourth-order valence-electron chi connectivity index (χ4n) is 3.02. The predicted molar refractivity (Wildman–Crippen MR) is 78.7 cm³/mol. The normalized spacial score (nSPS) is 18.7. The summed E-state index contributed by atoms with van der Waals surface area (Å²) in [7, 11) is 1.80. The first kappa shape index (κ1) is 13.7. The molecule has 6 nitrogen and oxygen atoms in total. The van der Waals surface area contributed by atoms with Gasteiger partial charge in [0, 0.05) is 51.0 Å². The van der Waals surface area contributed by atoms with Crippen molar-refractivity contribution in [3.05, 3.63) is 29.3 Å². The summed E-state index contributed by atoms with van der Waals surface area (Å²) in [5.41, 5.74) is 2.91. The molecule has 0 unspecified atom stereocenters. The molecule has 2 aliphatic rings. The molecule has 1 aromatic rings. The van der Waals surface area contributed by atoms with Crippen LogP contribution in [-0.4, -0.2) is 60.1 Å². The Morgan fingerprint density at radius 3 is 2.76 bits per heavy atom. The molecule has 0 aromatic heterocycles. The number of benzene rings is 1. The van der Waals surface area contributed by atoms with Crippen molar-refractivity contribution in [1.82, 2.24) is 9.80 Å². The molecule has 0 saturated carbocycles. The molecule has 0 aliphatic carbocycles. The van der Waals surface area contributed by atoms with Crippen LogP contribution in [0.3, 0.4) is 0 Å². The van der Waals surface area contributed by atoms with Crippen molar-refractivity contribution in [3.8, 4) is 0 Å². The van der Waals surface area contributed by atoms with Crippen molar-refractivity contribution in [1.29, 1.82) is 0 Å². The fraction of sp³-hybridized carbons (Fsp3) is 0.467. The molecule has 3 rings (SSSR count).